The Morgan fingerprint density at radius 3 is 2.76 bits per heavy atom. The number of pyridine rings is 2. The van der Waals surface area contributed by atoms with Crippen molar-refractivity contribution in [1.82, 2.24) is 14.9 Å². The predicted molar refractivity (Wildman–Crippen MR) is 134 cm³/mol. The van der Waals surface area contributed by atoms with Gasteiger partial charge in [0, 0.05) is 35.2 Å². The second-order valence-electron chi connectivity index (χ2n) is 9.69. The molecule has 2 aliphatic rings. The van der Waals surface area contributed by atoms with Gasteiger partial charge in [-0.25, -0.2) is 14.2 Å². The summed E-state index contributed by atoms with van der Waals surface area (Å²) >= 11 is 0. The quantitative estimate of drug-likeness (QED) is 0.274. The van der Waals surface area contributed by atoms with Crippen molar-refractivity contribution in [3.8, 4) is 17.1 Å². The second kappa shape index (κ2) is 9.51. The van der Waals surface area contributed by atoms with Crippen molar-refractivity contribution >= 4 is 16.9 Å². The molecule has 0 unspecified atom stereocenters. The minimum absolute atomic E-state index is 0.0498. The summed E-state index contributed by atoms with van der Waals surface area (Å²) in [4.78, 5) is 30.7. The number of nitrogens with one attached hydrogen (secondary N) is 1. The SMILES string of the molecule is CC[C@@]1(O)C(=O)OCc2c1cc1n(c2=O)Cc2c-1nc1cc(F)c(OC)cc1c2COCCNC(C)C. The Balaban J connectivity index is 1.67. The van der Waals surface area contributed by atoms with Gasteiger partial charge in [0.2, 0.25) is 0 Å². The van der Waals surface area contributed by atoms with Crippen LogP contribution in [-0.2, 0) is 39.6 Å². The van der Waals surface area contributed by atoms with E-state index in [1.54, 1.807) is 23.6 Å². The molecular formula is C27H30FN3O6. The van der Waals surface area contributed by atoms with Gasteiger partial charge in [0.05, 0.1) is 49.3 Å². The molecule has 2 N–H and O–H groups in total. The minimum Gasteiger partial charge on any atom is -0.494 e. The molecule has 9 nitrogen and oxygen atoms in total. The topological polar surface area (TPSA) is 112 Å². The molecule has 0 fully saturated rings. The third-order valence-electron chi connectivity index (χ3n) is 7.12. The molecule has 1 aromatic carbocycles. The molecule has 0 saturated carbocycles. The molecule has 4 heterocycles. The summed E-state index contributed by atoms with van der Waals surface area (Å²) in [5.41, 5.74) is 1.09. The molecule has 5 rings (SSSR count). The van der Waals surface area contributed by atoms with Gasteiger partial charge < -0.3 is 29.2 Å². The van der Waals surface area contributed by atoms with Gasteiger partial charge in [-0.3, -0.25) is 4.79 Å². The third kappa shape index (κ3) is 4.09. The average molecular weight is 512 g/mol. The first kappa shape index (κ1) is 25.3. The number of hydrogen-bond donors (Lipinski definition) is 2. The number of aliphatic hydroxyl groups is 1. The van der Waals surface area contributed by atoms with Crippen molar-refractivity contribution < 1.29 is 28.5 Å². The van der Waals surface area contributed by atoms with Gasteiger partial charge in [0.15, 0.2) is 17.2 Å². The molecule has 0 radical (unpaired) electrons. The Hall–Kier alpha value is -3.34. The maximum atomic E-state index is 14.7. The number of methoxy groups -OCH3 is 1. The van der Waals surface area contributed by atoms with Crippen molar-refractivity contribution in [3.63, 3.8) is 0 Å². The highest BCUT2D eigenvalue weighted by atomic mass is 19.1. The Labute approximate surface area is 213 Å². The first-order chi connectivity index (χ1) is 17.7. The number of nitrogens with zero attached hydrogens (tertiary/aromatic N) is 2. The molecule has 10 heteroatoms. The zero-order chi connectivity index (χ0) is 26.5. The van der Waals surface area contributed by atoms with E-state index in [0.717, 1.165) is 11.1 Å². The molecule has 0 saturated heterocycles. The van der Waals surface area contributed by atoms with Gasteiger partial charge >= 0.3 is 5.97 Å². The summed E-state index contributed by atoms with van der Waals surface area (Å²) in [6.07, 6.45) is 0.0498. The maximum absolute atomic E-state index is 14.7. The lowest BCUT2D eigenvalue weighted by atomic mass is 9.86. The molecule has 0 bridgehead atoms. The maximum Gasteiger partial charge on any atom is 0.343 e. The van der Waals surface area contributed by atoms with Gasteiger partial charge in [-0.2, -0.15) is 0 Å². The van der Waals surface area contributed by atoms with Crippen molar-refractivity contribution in [3.05, 3.63) is 56.6 Å². The van der Waals surface area contributed by atoms with Crippen LogP contribution in [0, 0.1) is 5.82 Å². The monoisotopic (exact) mass is 511 g/mol. The lowest BCUT2D eigenvalue weighted by Crippen LogP contribution is -2.44. The number of benzene rings is 1. The van der Waals surface area contributed by atoms with Crippen LogP contribution in [-0.4, -0.2) is 46.9 Å². The number of hydrogen-bond acceptors (Lipinski definition) is 8. The smallest absolute Gasteiger partial charge is 0.343 e. The summed E-state index contributed by atoms with van der Waals surface area (Å²) in [5.74, 6) is -1.25. The highest BCUT2D eigenvalue weighted by molar-refractivity contribution is 5.90. The summed E-state index contributed by atoms with van der Waals surface area (Å²) in [6.45, 7) is 7.12. The molecule has 196 valence electrons. The van der Waals surface area contributed by atoms with Crippen molar-refractivity contribution in [1.29, 1.82) is 0 Å². The fraction of sp³-hybridized carbons (Fsp3) is 0.444. The molecule has 0 aliphatic carbocycles. The Kier molecular flexibility index (Phi) is 6.51. The Morgan fingerprint density at radius 1 is 1.27 bits per heavy atom. The van der Waals surface area contributed by atoms with E-state index in [9.17, 15) is 19.1 Å². The van der Waals surface area contributed by atoms with E-state index >= 15 is 0 Å². The summed E-state index contributed by atoms with van der Waals surface area (Å²) in [6, 6.07) is 4.87. The van der Waals surface area contributed by atoms with E-state index < -0.39 is 17.4 Å². The van der Waals surface area contributed by atoms with E-state index in [1.165, 1.54) is 13.2 Å². The number of carbonyl (C=O) groups is 1. The van der Waals surface area contributed by atoms with E-state index in [-0.39, 0.29) is 48.6 Å². The van der Waals surface area contributed by atoms with Crippen molar-refractivity contribution in [2.75, 3.05) is 20.3 Å². The number of aromatic nitrogens is 2. The van der Waals surface area contributed by atoms with Crippen LogP contribution >= 0.6 is 0 Å². The number of cyclic esters (lactones) is 1. The minimum atomic E-state index is -1.92. The number of halogens is 1. The standard InChI is InChI=1S/C27H30FN3O6/c1-5-27(34)19-9-22-24-16(11-31(22)25(32)18(19)13-37-26(27)33)17(12-36-7-6-29-14(2)3)15-8-23(35-4)20(28)10-21(15)30-24/h8-10,14,29,34H,5-7,11-13H2,1-4H3/t27-/m0/s1. The third-order valence-corrected chi connectivity index (χ3v) is 7.12. The number of rotatable bonds is 8. The Morgan fingerprint density at radius 2 is 2.05 bits per heavy atom. The lowest BCUT2D eigenvalue weighted by molar-refractivity contribution is -0.172. The first-order valence-corrected chi connectivity index (χ1v) is 12.4. The summed E-state index contributed by atoms with van der Waals surface area (Å²) in [7, 11) is 1.40. The molecular weight excluding hydrogens is 481 g/mol. The van der Waals surface area contributed by atoms with Crippen LogP contribution in [0.1, 0.15) is 49.4 Å². The number of carbonyl (C=O) groups excluding carboxylic acids is 1. The molecule has 3 aromatic rings. The van der Waals surface area contributed by atoms with Crippen LogP contribution in [0.25, 0.3) is 22.3 Å². The van der Waals surface area contributed by atoms with E-state index in [1.807, 2.05) is 0 Å². The molecule has 0 spiro atoms. The molecule has 2 aliphatic heterocycles. The summed E-state index contributed by atoms with van der Waals surface area (Å²) in [5, 5.41) is 15.1. The molecule has 2 aromatic heterocycles. The van der Waals surface area contributed by atoms with Crippen LogP contribution in [0.5, 0.6) is 5.75 Å². The van der Waals surface area contributed by atoms with Gasteiger partial charge in [-0.15, -0.1) is 0 Å². The predicted octanol–water partition coefficient (Wildman–Crippen LogP) is 2.74. The van der Waals surface area contributed by atoms with E-state index in [2.05, 4.69) is 19.2 Å². The van der Waals surface area contributed by atoms with Gasteiger partial charge in [-0.1, -0.05) is 20.8 Å². The highest BCUT2D eigenvalue weighted by Crippen LogP contribution is 2.41. The van der Waals surface area contributed by atoms with E-state index in [4.69, 9.17) is 19.2 Å². The number of fused-ring (bicyclic) bond motifs is 5. The summed E-state index contributed by atoms with van der Waals surface area (Å²) < 4.78 is 32.6. The molecule has 1 atom stereocenters. The van der Waals surface area contributed by atoms with E-state index in [0.29, 0.717) is 41.5 Å². The van der Waals surface area contributed by atoms with Gasteiger partial charge in [-0.05, 0) is 24.1 Å². The van der Waals surface area contributed by atoms with Crippen LogP contribution < -0.4 is 15.6 Å². The normalized spacial score (nSPS) is 18.1. The van der Waals surface area contributed by atoms with Crippen LogP contribution in [0.15, 0.2) is 23.0 Å². The molecule has 37 heavy (non-hydrogen) atoms. The number of esters is 1. The zero-order valence-electron chi connectivity index (χ0n) is 21.3. The second-order valence-corrected chi connectivity index (χ2v) is 9.69. The van der Waals surface area contributed by atoms with Crippen molar-refractivity contribution in [2.45, 2.75) is 58.6 Å². The number of ether oxygens (including phenoxy) is 3. The van der Waals surface area contributed by atoms with Gasteiger partial charge in [0.1, 0.15) is 6.61 Å². The van der Waals surface area contributed by atoms with Gasteiger partial charge in [0.25, 0.3) is 5.56 Å². The van der Waals surface area contributed by atoms with Crippen LogP contribution in [0.3, 0.4) is 0 Å². The Bertz CT molecular complexity index is 1470. The molecule has 0 amide bonds. The zero-order valence-corrected chi connectivity index (χ0v) is 21.3. The fourth-order valence-corrected chi connectivity index (χ4v) is 5.08. The van der Waals surface area contributed by atoms with Crippen molar-refractivity contribution in [2.24, 2.45) is 0 Å². The average Bonchev–Trinajstić information content (AvgIpc) is 3.24. The largest absolute Gasteiger partial charge is 0.494 e. The fourth-order valence-electron chi connectivity index (χ4n) is 5.08. The highest BCUT2D eigenvalue weighted by Gasteiger charge is 2.45. The van der Waals surface area contributed by atoms with Crippen LogP contribution in [0.4, 0.5) is 4.39 Å². The van der Waals surface area contributed by atoms with Crippen LogP contribution in [0.2, 0.25) is 0 Å². The first-order valence-electron chi connectivity index (χ1n) is 12.4. The lowest BCUT2D eigenvalue weighted by Gasteiger charge is -2.31.